The average molecular weight is 265 g/mol. The Kier molecular flexibility index (Phi) is 3.81. The number of hydrogen-bond donors (Lipinski definition) is 2. The lowest BCUT2D eigenvalue weighted by molar-refractivity contribution is -0.127. The molecule has 1 saturated heterocycles. The molecule has 1 heterocycles. The van der Waals surface area contributed by atoms with Crippen molar-refractivity contribution in [3.8, 4) is 0 Å². The molecule has 2 bridgehead atoms. The Balaban J connectivity index is 1.51. The number of likely N-dealkylation sites (tertiary alicyclic amines) is 1. The van der Waals surface area contributed by atoms with Crippen molar-refractivity contribution < 1.29 is 4.79 Å². The zero-order valence-corrected chi connectivity index (χ0v) is 12.0. The molecule has 4 heteroatoms. The number of fused-ring (bicyclic) bond motifs is 2. The number of piperidine rings is 1. The van der Waals surface area contributed by atoms with Gasteiger partial charge in [0.15, 0.2) is 0 Å². The lowest BCUT2D eigenvalue weighted by Gasteiger charge is -2.33. The van der Waals surface area contributed by atoms with E-state index in [4.69, 9.17) is 5.73 Å². The number of hydrogen-bond acceptors (Lipinski definition) is 3. The van der Waals surface area contributed by atoms with Crippen LogP contribution in [-0.4, -0.2) is 43.0 Å². The molecule has 5 unspecified atom stereocenters. The first-order valence-corrected chi connectivity index (χ1v) is 7.90. The normalized spacial score (nSPS) is 42.5. The highest BCUT2D eigenvalue weighted by molar-refractivity contribution is 5.80. The smallest absolute Gasteiger partial charge is 0.225 e. The quantitative estimate of drug-likeness (QED) is 0.799. The van der Waals surface area contributed by atoms with E-state index >= 15 is 0 Å². The fourth-order valence-electron chi connectivity index (χ4n) is 4.46. The van der Waals surface area contributed by atoms with Gasteiger partial charge in [0.1, 0.15) is 0 Å². The summed E-state index contributed by atoms with van der Waals surface area (Å²) in [4.78, 5) is 14.8. The number of nitrogens with one attached hydrogen (secondary N) is 1. The molecule has 3 aliphatic rings. The van der Waals surface area contributed by atoms with Gasteiger partial charge < -0.3 is 16.0 Å². The molecule has 2 saturated carbocycles. The van der Waals surface area contributed by atoms with Gasteiger partial charge in [-0.15, -0.1) is 0 Å². The van der Waals surface area contributed by atoms with Crippen LogP contribution in [0.2, 0.25) is 0 Å². The second-order valence-corrected chi connectivity index (χ2v) is 6.81. The van der Waals surface area contributed by atoms with Gasteiger partial charge in [-0.05, 0) is 57.5 Å². The van der Waals surface area contributed by atoms with Crippen LogP contribution in [0.5, 0.6) is 0 Å². The Hall–Kier alpha value is -0.610. The number of amides is 1. The van der Waals surface area contributed by atoms with E-state index in [1.54, 1.807) is 0 Å². The molecule has 1 aliphatic heterocycles. The van der Waals surface area contributed by atoms with Crippen molar-refractivity contribution in [2.45, 2.75) is 50.6 Å². The number of nitrogens with two attached hydrogens (primary N) is 1. The summed E-state index contributed by atoms with van der Waals surface area (Å²) in [5.74, 6) is 1.48. The van der Waals surface area contributed by atoms with Gasteiger partial charge in [0, 0.05) is 18.6 Å². The van der Waals surface area contributed by atoms with Crippen LogP contribution in [0.1, 0.15) is 38.5 Å². The first kappa shape index (κ1) is 13.4. The van der Waals surface area contributed by atoms with Crippen LogP contribution in [0, 0.1) is 17.8 Å². The summed E-state index contributed by atoms with van der Waals surface area (Å²) in [5.41, 5.74) is 6.23. The molecule has 0 spiro atoms. The molecule has 2 aliphatic carbocycles. The number of likely N-dealkylation sites (N-methyl/N-ethyl adjacent to an activating group) is 1. The van der Waals surface area contributed by atoms with Crippen molar-refractivity contribution in [3.63, 3.8) is 0 Å². The third kappa shape index (κ3) is 2.52. The summed E-state index contributed by atoms with van der Waals surface area (Å²) in [6, 6.07) is 0.635. The molecular formula is C15H27N3O. The van der Waals surface area contributed by atoms with Crippen LogP contribution in [0.15, 0.2) is 0 Å². The van der Waals surface area contributed by atoms with Crippen molar-refractivity contribution in [3.05, 3.63) is 0 Å². The Morgan fingerprint density at radius 3 is 2.74 bits per heavy atom. The zero-order valence-electron chi connectivity index (χ0n) is 12.0. The molecule has 19 heavy (non-hydrogen) atoms. The van der Waals surface area contributed by atoms with Crippen molar-refractivity contribution in [1.82, 2.24) is 10.2 Å². The Morgan fingerprint density at radius 1 is 1.26 bits per heavy atom. The number of nitrogens with zero attached hydrogens (tertiary/aromatic N) is 1. The van der Waals surface area contributed by atoms with Crippen LogP contribution in [0.25, 0.3) is 0 Å². The third-order valence-electron chi connectivity index (χ3n) is 5.72. The number of rotatable bonds is 3. The van der Waals surface area contributed by atoms with Crippen LogP contribution in [0.4, 0.5) is 0 Å². The lowest BCUT2D eigenvalue weighted by atomic mass is 9.84. The maximum absolute atomic E-state index is 12.4. The summed E-state index contributed by atoms with van der Waals surface area (Å²) >= 11 is 0. The summed E-state index contributed by atoms with van der Waals surface area (Å²) in [7, 11) is 2.17. The maximum Gasteiger partial charge on any atom is 0.225 e. The van der Waals surface area contributed by atoms with E-state index in [1.807, 2.05) is 0 Å². The van der Waals surface area contributed by atoms with E-state index in [2.05, 4.69) is 17.3 Å². The predicted octanol–water partition coefficient (Wildman–Crippen LogP) is 0.960. The minimum absolute atomic E-state index is 0.0904. The van der Waals surface area contributed by atoms with Gasteiger partial charge in [0.05, 0.1) is 5.92 Å². The molecule has 0 radical (unpaired) electrons. The number of carbonyl (C=O) groups excluding carboxylic acids is 1. The summed E-state index contributed by atoms with van der Waals surface area (Å²) in [6.07, 6.45) is 7.42. The topological polar surface area (TPSA) is 58.4 Å². The van der Waals surface area contributed by atoms with Gasteiger partial charge >= 0.3 is 0 Å². The second kappa shape index (κ2) is 5.41. The van der Waals surface area contributed by atoms with E-state index in [9.17, 15) is 4.79 Å². The summed E-state index contributed by atoms with van der Waals surface area (Å²) in [5, 5.41) is 3.18. The molecule has 5 atom stereocenters. The van der Waals surface area contributed by atoms with Crippen LogP contribution < -0.4 is 11.1 Å². The Bertz CT molecular complexity index is 344. The van der Waals surface area contributed by atoms with E-state index < -0.39 is 0 Å². The molecule has 0 aromatic rings. The molecule has 108 valence electrons. The van der Waals surface area contributed by atoms with Crippen molar-refractivity contribution >= 4 is 5.91 Å². The highest BCUT2D eigenvalue weighted by Crippen LogP contribution is 2.47. The maximum atomic E-state index is 12.4. The van der Waals surface area contributed by atoms with Gasteiger partial charge in [0.25, 0.3) is 0 Å². The second-order valence-electron chi connectivity index (χ2n) is 6.81. The fraction of sp³-hybridized carbons (Fsp3) is 0.933. The first-order chi connectivity index (χ1) is 9.16. The average Bonchev–Trinajstić information content (AvgIpc) is 2.98. The SMILES string of the molecule is CN1CCCCC1CNC(=O)C1C2CCC(C2)C1N. The third-order valence-corrected chi connectivity index (χ3v) is 5.72. The molecule has 1 amide bonds. The fourth-order valence-corrected chi connectivity index (χ4v) is 4.46. The van der Waals surface area contributed by atoms with Gasteiger partial charge in [-0.25, -0.2) is 0 Å². The Labute approximate surface area is 116 Å². The minimum Gasteiger partial charge on any atom is -0.354 e. The van der Waals surface area contributed by atoms with Gasteiger partial charge in [-0.2, -0.15) is 0 Å². The zero-order chi connectivity index (χ0) is 13.4. The van der Waals surface area contributed by atoms with E-state index in [-0.39, 0.29) is 17.9 Å². The molecule has 0 aromatic heterocycles. The molecule has 3 rings (SSSR count). The summed E-state index contributed by atoms with van der Waals surface area (Å²) < 4.78 is 0. The Morgan fingerprint density at radius 2 is 2.05 bits per heavy atom. The van der Waals surface area contributed by atoms with Crippen molar-refractivity contribution in [1.29, 1.82) is 0 Å². The highest BCUT2D eigenvalue weighted by Gasteiger charge is 2.49. The molecule has 4 nitrogen and oxygen atoms in total. The van der Waals surface area contributed by atoms with Crippen molar-refractivity contribution in [2.75, 3.05) is 20.1 Å². The summed E-state index contributed by atoms with van der Waals surface area (Å²) in [6.45, 7) is 1.96. The highest BCUT2D eigenvalue weighted by atomic mass is 16.2. The van der Waals surface area contributed by atoms with E-state index in [1.165, 1.54) is 38.5 Å². The molecular weight excluding hydrogens is 238 g/mol. The number of carbonyl (C=O) groups is 1. The van der Waals surface area contributed by atoms with Crippen LogP contribution in [-0.2, 0) is 4.79 Å². The predicted molar refractivity (Wildman–Crippen MR) is 75.6 cm³/mol. The minimum atomic E-state index is 0.0904. The standard InChI is InChI=1S/C15H27N3O/c1-18-7-3-2-4-12(18)9-17-15(19)13-10-5-6-11(8-10)14(13)16/h10-14H,2-9,16H2,1H3,(H,17,19). The largest absolute Gasteiger partial charge is 0.354 e. The van der Waals surface area contributed by atoms with Gasteiger partial charge in [-0.1, -0.05) is 6.42 Å². The lowest BCUT2D eigenvalue weighted by Crippen LogP contribution is -2.49. The molecule has 3 N–H and O–H groups in total. The van der Waals surface area contributed by atoms with Gasteiger partial charge in [0.2, 0.25) is 5.91 Å². The van der Waals surface area contributed by atoms with Crippen LogP contribution >= 0.6 is 0 Å². The molecule has 0 aromatic carbocycles. The molecule has 3 fully saturated rings. The first-order valence-electron chi connectivity index (χ1n) is 7.90. The van der Waals surface area contributed by atoms with E-state index in [0.29, 0.717) is 17.9 Å². The van der Waals surface area contributed by atoms with Gasteiger partial charge in [-0.3, -0.25) is 4.79 Å². The monoisotopic (exact) mass is 265 g/mol. The van der Waals surface area contributed by atoms with Crippen LogP contribution in [0.3, 0.4) is 0 Å². The van der Waals surface area contributed by atoms with E-state index in [0.717, 1.165) is 13.1 Å². The van der Waals surface area contributed by atoms with Crippen molar-refractivity contribution in [2.24, 2.45) is 23.5 Å².